The predicted molar refractivity (Wildman–Crippen MR) is 107 cm³/mol. The van der Waals surface area contributed by atoms with Crippen molar-refractivity contribution in [2.45, 2.75) is 19.9 Å². The lowest BCUT2D eigenvalue weighted by Crippen LogP contribution is -2.16. The number of carbonyl (C=O) groups excluding carboxylic acids is 1. The molecule has 0 aliphatic rings. The maximum atomic E-state index is 11.6. The quantitative estimate of drug-likeness (QED) is 0.609. The maximum Gasteiger partial charge on any atom is 0.252 e. The summed E-state index contributed by atoms with van der Waals surface area (Å²) >= 11 is 7.59. The molecular weight excluding hydrogens is 372 g/mol. The number of thiazole rings is 1. The van der Waals surface area contributed by atoms with Gasteiger partial charge in [0, 0.05) is 24.9 Å². The summed E-state index contributed by atoms with van der Waals surface area (Å²) in [6, 6.07) is 8.18. The lowest BCUT2D eigenvalue weighted by atomic mass is 10.1. The molecule has 0 radical (unpaired) electrons. The summed E-state index contributed by atoms with van der Waals surface area (Å²) in [5.74, 6) is -0.224. The SMILES string of the molecule is COCC(=O)Nc1nc2ccc(-c3cnc(Cl)c(NC(C)C)c3)cc2s1. The van der Waals surface area contributed by atoms with Gasteiger partial charge in [-0.2, -0.15) is 0 Å². The highest BCUT2D eigenvalue weighted by atomic mass is 35.5. The van der Waals surface area contributed by atoms with Crippen LogP contribution in [0.5, 0.6) is 0 Å². The normalized spacial score (nSPS) is 11.1. The number of halogens is 1. The van der Waals surface area contributed by atoms with Crippen LogP contribution in [0.15, 0.2) is 30.5 Å². The number of methoxy groups -OCH3 is 1. The van der Waals surface area contributed by atoms with E-state index in [1.807, 2.05) is 38.1 Å². The Morgan fingerprint density at radius 1 is 1.31 bits per heavy atom. The molecule has 0 unspecified atom stereocenters. The zero-order chi connectivity index (χ0) is 18.7. The van der Waals surface area contributed by atoms with Crippen LogP contribution in [0, 0.1) is 0 Å². The lowest BCUT2D eigenvalue weighted by Gasteiger charge is -2.12. The molecule has 0 aliphatic carbocycles. The first-order valence-electron chi connectivity index (χ1n) is 8.08. The second-order valence-corrected chi connectivity index (χ2v) is 7.43. The molecule has 2 aromatic heterocycles. The Hall–Kier alpha value is -2.22. The second kappa shape index (κ2) is 7.99. The van der Waals surface area contributed by atoms with Crippen LogP contribution in [-0.4, -0.2) is 35.6 Å². The molecule has 0 fully saturated rings. The standard InChI is InChI=1S/C18H19ClN4O2S/c1-10(2)21-14-6-12(8-20-17(14)19)11-4-5-13-15(7-11)26-18(22-13)23-16(24)9-25-3/h4-8,10,21H,9H2,1-3H3,(H,22,23,24). The largest absolute Gasteiger partial charge is 0.380 e. The molecule has 0 saturated heterocycles. The Balaban J connectivity index is 1.90. The van der Waals surface area contributed by atoms with Crippen LogP contribution in [0.25, 0.3) is 21.3 Å². The van der Waals surface area contributed by atoms with Crippen LogP contribution in [-0.2, 0) is 9.53 Å². The molecule has 2 heterocycles. The van der Waals surface area contributed by atoms with Crippen LogP contribution in [0.2, 0.25) is 5.15 Å². The predicted octanol–water partition coefficient (Wildman–Crippen LogP) is 4.42. The number of ether oxygens (including phenoxy) is 1. The van der Waals surface area contributed by atoms with E-state index in [2.05, 4.69) is 20.6 Å². The van der Waals surface area contributed by atoms with Gasteiger partial charge in [0.1, 0.15) is 6.61 Å². The van der Waals surface area contributed by atoms with Gasteiger partial charge in [-0.05, 0) is 37.6 Å². The van der Waals surface area contributed by atoms with E-state index in [4.69, 9.17) is 16.3 Å². The number of pyridine rings is 1. The highest BCUT2D eigenvalue weighted by Gasteiger charge is 2.11. The van der Waals surface area contributed by atoms with Crippen LogP contribution in [0.1, 0.15) is 13.8 Å². The van der Waals surface area contributed by atoms with Gasteiger partial charge in [0.25, 0.3) is 5.91 Å². The van der Waals surface area contributed by atoms with E-state index in [1.165, 1.54) is 18.4 Å². The monoisotopic (exact) mass is 390 g/mol. The van der Waals surface area contributed by atoms with E-state index in [-0.39, 0.29) is 18.6 Å². The first kappa shape index (κ1) is 18.6. The topological polar surface area (TPSA) is 76.1 Å². The minimum absolute atomic E-state index is 0.00322. The van der Waals surface area contributed by atoms with E-state index in [9.17, 15) is 4.79 Å². The maximum absolute atomic E-state index is 11.6. The number of rotatable bonds is 6. The Morgan fingerprint density at radius 3 is 2.85 bits per heavy atom. The molecule has 1 amide bonds. The smallest absolute Gasteiger partial charge is 0.252 e. The summed E-state index contributed by atoms with van der Waals surface area (Å²) in [6.45, 7) is 4.10. The van der Waals surface area contributed by atoms with Crippen LogP contribution in [0.4, 0.5) is 10.8 Å². The van der Waals surface area contributed by atoms with Gasteiger partial charge in [-0.3, -0.25) is 10.1 Å². The van der Waals surface area contributed by atoms with Gasteiger partial charge in [-0.25, -0.2) is 9.97 Å². The van der Waals surface area contributed by atoms with Gasteiger partial charge in [-0.15, -0.1) is 0 Å². The Bertz CT molecular complexity index is 942. The fraction of sp³-hybridized carbons (Fsp3) is 0.278. The van der Waals surface area contributed by atoms with Gasteiger partial charge in [0.2, 0.25) is 0 Å². The van der Waals surface area contributed by atoms with Gasteiger partial charge in [-0.1, -0.05) is 29.0 Å². The molecule has 0 aliphatic heterocycles. The molecular formula is C18H19ClN4O2S. The molecule has 0 spiro atoms. The van der Waals surface area contributed by atoms with Crippen molar-refractivity contribution in [1.29, 1.82) is 0 Å². The molecule has 8 heteroatoms. The number of benzene rings is 1. The third-order valence-electron chi connectivity index (χ3n) is 3.53. The molecule has 0 bridgehead atoms. The van der Waals surface area contributed by atoms with Crippen LogP contribution < -0.4 is 10.6 Å². The van der Waals surface area contributed by atoms with Crippen molar-refractivity contribution in [1.82, 2.24) is 9.97 Å². The van der Waals surface area contributed by atoms with Crippen molar-refractivity contribution in [2.75, 3.05) is 24.4 Å². The van der Waals surface area contributed by atoms with E-state index in [0.29, 0.717) is 10.3 Å². The Kier molecular flexibility index (Phi) is 5.70. The lowest BCUT2D eigenvalue weighted by molar-refractivity contribution is -0.119. The zero-order valence-corrected chi connectivity index (χ0v) is 16.2. The molecule has 0 atom stereocenters. The van der Waals surface area contributed by atoms with Gasteiger partial charge in [0.15, 0.2) is 10.3 Å². The van der Waals surface area contributed by atoms with E-state index < -0.39 is 0 Å². The fourth-order valence-corrected chi connectivity index (χ4v) is 3.54. The molecule has 26 heavy (non-hydrogen) atoms. The highest BCUT2D eigenvalue weighted by molar-refractivity contribution is 7.22. The molecule has 2 N–H and O–H groups in total. The van der Waals surface area contributed by atoms with Crippen molar-refractivity contribution in [3.05, 3.63) is 35.6 Å². The first-order valence-corrected chi connectivity index (χ1v) is 9.27. The van der Waals surface area contributed by atoms with Crippen LogP contribution >= 0.6 is 22.9 Å². The average Bonchev–Trinajstić information content (AvgIpc) is 2.97. The van der Waals surface area contributed by atoms with Gasteiger partial charge in [0.05, 0.1) is 15.9 Å². The second-order valence-electron chi connectivity index (χ2n) is 6.04. The number of aromatic nitrogens is 2. The minimum atomic E-state index is -0.224. The average molecular weight is 391 g/mol. The van der Waals surface area contributed by atoms with E-state index in [1.54, 1.807) is 6.20 Å². The van der Waals surface area contributed by atoms with Crippen molar-refractivity contribution < 1.29 is 9.53 Å². The Labute approximate surface area is 160 Å². The van der Waals surface area contributed by atoms with Crippen molar-refractivity contribution in [2.24, 2.45) is 0 Å². The van der Waals surface area contributed by atoms with E-state index in [0.717, 1.165) is 27.0 Å². The summed E-state index contributed by atoms with van der Waals surface area (Å²) < 4.78 is 5.79. The molecule has 1 aromatic carbocycles. The molecule has 3 aromatic rings. The summed E-state index contributed by atoms with van der Waals surface area (Å²) in [5.41, 5.74) is 3.59. The number of hydrogen-bond acceptors (Lipinski definition) is 6. The number of carbonyl (C=O) groups is 1. The summed E-state index contributed by atoms with van der Waals surface area (Å²) in [6.07, 6.45) is 1.75. The summed E-state index contributed by atoms with van der Waals surface area (Å²) in [5, 5.41) is 7.03. The first-order chi connectivity index (χ1) is 12.5. The van der Waals surface area contributed by atoms with Gasteiger partial charge >= 0.3 is 0 Å². The number of nitrogens with zero attached hydrogens (tertiary/aromatic N) is 2. The third-order valence-corrected chi connectivity index (χ3v) is 4.76. The molecule has 3 rings (SSSR count). The zero-order valence-electron chi connectivity index (χ0n) is 14.7. The number of hydrogen-bond donors (Lipinski definition) is 2. The molecule has 6 nitrogen and oxygen atoms in total. The molecule has 0 saturated carbocycles. The minimum Gasteiger partial charge on any atom is -0.380 e. The third kappa shape index (κ3) is 4.30. The number of fused-ring (bicyclic) bond motifs is 1. The van der Waals surface area contributed by atoms with E-state index >= 15 is 0 Å². The highest BCUT2D eigenvalue weighted by Crippen LogP contribution is 2.32. The Morgan fingerprint density at radius 2 is 2.12 bits per heavy atom. The number of amides is 1. The molecule has 136 valence electrons. The summed E-state index contributed by atoms with van der Waals surface area (Å²) in [7, 11) is 1.48. The van der Waals surface area contributed by atoms with Crippen molar-refractivity contribution in [3.8, 4) is 11.1 Å². The van der Waals surface area contributed by atoms with Gasteiger partial charge < -0.3 is 10.1 Å². The summed E-state index contributed by atoms with van der Waals surface area (Å²) in [4.78, 5) is 20.3. The number of anilines is 2. The fourth-order valence-electron chi connectivity index (χ4n) is 2.46. The van der Waals surface area contributed by atoms with Crippen molar-refractivity contribution >= 4 is 49.9 Å². The number of nitrogens with one attached hydrogen (secondary N) is 2. The van der Waals surface area contributed by atoms with Crippen molar-refractivity contribution in [3.63, 3.8) is 0 Å². The van der Waals surface area contributed by atoms with Crippen LogP contribution in [0.3, 0.4) is 0 Å².